The topological polar surface area (TPSA) is 111 Å². The number of carbonyl (C=O) groups is 3. The summed E-state index contributed by atoms with van der Waals surface area (Å²) in [5, 5.41) is 19.9. The number of ether oxygens (including phenoxy) is 1. The Bertz CT molecular complexity index is 1260. The zero-order chi connectivity index (χ0) is 28.9. The van der Waals surface area contributed by atoms with E-state index in [1.807, 2.05) is 41.3 Å². The van der Waals surface area contributed by atoms with Crippen molar-refractivity contribution in [3.05, 3.63) is 59.2 Å². The first-order chi connectivity index (χ1) is 19.9. The molecule has 9 heteroatoms. The van der Waals surface area contributed by atoms with E-state index in [-0.39, 0.29) is 30.9 Å². The second-order valence-electron chi connectivity index (χ2n) is 11.4. The monoisotopic (exact) mass is 563 g/mol. The van der Waals surface area contributed by atoms with Crippen molar-refractivity contribution in [1.82, 2.24) is 9.80 Å². The Balaban J connectivity index is 1.41. The van der Waals surface area contributed by atoms with Crippen molar-refractivity contribution in [3.63, 3.8) is 0 Å². The molecule has 3 heterocycles. The number of likely N-dealkylation sites (tertiary alicyclic amines) is 1. The van der Waals surface area contributed by atoms with Gasteiger partial charge in [-0.3, -0.25) is 19.3 Å². The largest absolute Gasteiger partial charge is 0.493 e. The standard InChI is InChI=1S/C32H41N3O6/c1-2-3-13-33(14-6-16-36)30(38)21-34-20-25(22-9-10-28-24(18-22)12-17-41-28)31(32(39)40)27(34)11-15-35-26-8-5-4-7-23(26)19-29(35)37/h4-5,7-10,18,25,27,31,36H,2-3,6,11-17,19-21H2,1H3,(H,39,40). The number of carboxylic acid groups (broad SMARTS) is 1. The molecule has 3 aliphatic heterocycles. The fourth-order valence-corrected chi connectivity index (χ4v) is 6.70. The van der Waals surface area contributed by atoms with Crippen molar-refractivity contribution < 1.29 is 29.3 Å². The van der Waals surface area contributed by atoms with Crippen molar-refractivity contribution in [2.75, 3.05) is 50.8 Å². The van der Waals surface area contributed by atoms with Gasteiger partial charge < -0.3 is 24.7 Å². The quantitative estimate of drug-likeness (QED) is 0.385. The second kappa shape index (κ2) is 13.0. The zero-order valence-electron chi connectivity index (χ0n) is 23.8. The molecule has 220 valence electrons. The summed E-state index contributed by atoms with van der Waals surface area (Å²) < 4.78 is 5.68. The van der Waals surface area contributed by atoms with Gasteiger partial charge in [0.15, 0.2) is 0 Å². The summed E-state index contributed by atoms with van der Waals surface area (Å²) in [5.74, 6) is -1.08. The number of fused-ring (bicyclic) bond motifs is 2. The lowest BCUT2D eigenvalue weighted by Crippen LogP contribution is -2.46. The molecule has 2 aromatic rings. The number of aliphatic hydroxyl groups is 1. The van der Waals surface area contributed by atoms with Crippen LogP contribution in [0, 0.1) is 5.92 Å². The molecule has 2 N–H and O–H groups in total. The molecule has 1 saturated heterocycles. The van der Waals surface area contributed by atoms with Gasteiger partial charge in [-0.1, -0.05) is 43.7 Å². The molecule has 2 aromatic carbocycles. The molecule has 41 heavy (non-hydrogen) atoms. The summed E-state index contributed by atoms with van der Waals surface area (Å²) in [4.78, 5) is 45.0. The van der Waals surface area contributed by atoms with Gasteiger partial charge in [-0.05, 0) is 48.1 Å². The number of rotatable bonds is 13. The molecule has 1 fully saturated rings. The van der Waals surface area contributed by atoms with Crippen LogP contribution in [0.15, 0.2) is 42.5 Å². The maximum Gasteiger partial charge on any atom is 0.308 e. The highest BCUT2D eigenvalue weighted by molar-refractivity contribution is 6.01. The Hall–Kier alpha value is -3.43. The van der Waals surface area contributed by atoms with Gasteiger partial charge in [0.2, 0.25) is 11.8 Å². The van der Waals surface area contributed by atoms with Crippen molar-refractivity contribution >= 4 is 23.5 Å². The fourth-order valence-electron chi connectivity index (χ4n) is 6.70. The predicted octanol–water partition coefficient (Wildman–Crippen LogP) is 3.08. The smallest absolute Gasteiger partial charge is 0.308 e. The van der Waals surface area contributed by atoms with E-state index >= 15 is 0 Å². The number of aliphatic hydroxyl groups excluding tert-OH is 1. The van der Waals surface area contributed by atoms with Gasteiger partial charge in [0.25, 0.3) is 0 Å². The molecule has 0 spiro atoms. The van der Waals surface area contributed by atoms with Crippen molar-refractivity contribution in [3.8, 4) is 5.75 Å². The minimum absolute atomic E-state index is 0.0127. The summed E-state index contributed by atoms with van der Waals surface area (Å²) in [6.07, 6.45) is 3.92. The number of para-hydroxylation sites is 1. The molecule has 0 bridgehead atoms. The minimum Gasteiger partial charge on any atom is -0.493 e. The first-order valence-electron chi connectivity index (χ1n) is 14.9. The Morgan fingerprint density at radius 1 is 1.10 bits per heavy atom. The Morgan fingerprint density at radius 2 is 1.90 bits per heavy atom. The van der Waals surface area contributed by atoms with Crippen LogP contribution in [-0.2, 0) is 27.2 Å². The van der Waals surface area contributed by atoms with E-state index in [9.17, 15) is 24.6 Å². The number of hydrogen-bond acceptors (Lipinski definition) is 6. The van der Waals surface area contributed by atoms with Gasteiger partial charge in [-0.2, -0.15) is 0 Å². The maximum atomic E-state index is 13.6. The van der Waals surface area contributed by atoms with E-state index in [2.05, 4.69) is 13.0 Å². The van der Waals surface area contributed by atoms with Crippen LogP contribution in [-0.4, -0.2) is 89.8 Å². The number of benzene rings is 2. The van der Waals surface area contributed by atoms with Crippen LogP contribution < -0.4 is 9.64 Å². The maximum absolute atomic E-state index is 13.6. The molecular formula is C32H41N3O6. The Kier molecular flexibility index (Phi) is 9.25. The SMILES string of the molecule is CCCCN(CCCO)C(=O)CN1CC(c2ccc3c(c2)CCO3)C(C(=O)O)C1CCN1C(=O)Cc2ccccc21. The number of aliphatic carboxylic acids is 1. The molecule has 2 amide bonds. The van der Waals surface area contributed by atoms with E-state index in [1.165, 1.54) is 0 Å². The number of amides is 2. The summed E-state index contributed by atoms with van der Waals surface area (Å²) >= 11 is 0. The molecule has 3 atom stereocenters. The molecule has 9 nitrogen and oxygen atoms in total. The van der Waals surface area contributed by atoms with Gasteiger partial charge in [0, 0.05) is 56.9 Å². The molecule has 0 saturated carbocycles. The third-order valence-corrected chi connectivity index (χ3v) is 8.81. The van der Waals surface area contributed by atoms with Gasteiger partial charge in [0.1, 0.15) is 5.75 Å². The van der Waals surface area contributed by atoms with E-state index in [0.717, 1.165) is 47.4 Å². The average molecular weight is 564 g/mol. The number of anilines is 1. The first kappa shape index (κ1) is 29.1. The van der Waals surface area contributed by atoms with Crippen LogP contribution in [0.5, 0.6) is 5.75 Å². The van der Waals surface area contributed by atoms with E-state index < -0.39 is 17.9 Å². The number of carboxylic acids is 1. The molecule has 0 aromatic heterocycles. The highest BCUT2D eigenvalue weighted by atomic mass is 16.5. The number of unbranched alkanes of at least 4 members (excludes halogenated alkanes) is 1. The molecule has 5 rings (SSSR count). The van der Waals surface area contributed by atoms with E-state index in [1.54, 1.807) is 9.80 Å². The number of carbonyl (C=O) groups excluding carboxylic acids is 2. The summed E-state index contributed by atoms with van der Waals surface area (Å²) in [5.41, 5.74) is 3.91. The summed E-state index contributed by atoms with van der Waals surface area (Å²) in [7, 11) is 0. The van der Waals surface area contributed by atoms with Gasteiger partial charge in [0.05, 0.1) is 25.5 Å². The molecule has 3 aliphatic rings. The molecule has 3 unspecified atom stereocenters. The molecule has 0 radical (unpaired) electrons. The molecule has 0 aliphatic carbocycles. The lowest BCUT2D eigenvalue weighted by Gasteiger charge is -2.31. The van der Waals surface area contributed by atoms with Gasteiger partial charge in [-0.25, -0.2) is 0 Å². The molecular weight excluding hydrogens is 522 g/mol. The van der Waals surface area contributed by atoms with Crippen LogP contribution in [0.25, 0.3) is 0 Å². The van der Waals surface area contributed by atoms with Crippen molar-refractivity contribution in [1.29, 1.82) is 0 Å². The lowest BCUT2D eigenvalue weighted by atomic mass is 9.83. The van der Waals surface area contributed by atoms with E-state index in [0.29, 0.717) is 52.0 Å². The lowest BCUT2D eigenvalue weighted by molar-refractivity contribution is -0.143. The van der Waals surface area contributed by atoms with Crippen LogP contribution in [0.3, 0.4) is 0 Å². The van der Waals surface area contributed by atoms with Crippen molar-refractivity contribution in [2.45, 2.75) is 57.4 Å². The third kappa shape index (κ3) is 6.26. The van der Waals surface area contributed by atoms with Crippen LogP contribution >= 0.6 is 0 Å². The summed E-state index contributed by atoms with van der Waals surface area (Å²) in [6.45, 7) is 4.75. The normalized spacial score (nSPS) is 21.6. The van der Waals surface area contributed by atoms with Crippen molar-refractivity contribution in [2.24, 2.45) is 5.92 Å². The summed E-state index contributed by atoms with van der Waals surface area (Å²) in [6, 6.07) is 13.3. The highest BCUT2D eigenvalue weighted by Gasteiger charge is 2.47. The van der Waals surface area contributed by atoms with Crippen LogP contribution in [0.2, 0.25) is 0 Å². The minimum atomic E-state index is -0.886. The number of nitrogens with zero attached hydrogens (tertiary/aromatic N) is 3. The van der Waals surface area contributed by atoms with Crippen LogP contribution in [0.4, 0.5) is 5.69 Å². The van der Waals surface area contributed by atoms with Gasteiger partial charge in [-0.15, -0.1) is 0 Å². The first-order valence-corrected chi connectivity index (χ1v) is 14.9. The second-order valence-corrected chi connectivity index (χ2v) is 11.4. The Morgan fingerprint density at radius 3 is 2.68 bits per heavy atom. The Labute approximate surface area is 241 Å². The fraction of sp³-hybridized carbons (Fsp3) is 0.531. The van der Waals surface area contributed by atoms with E-state index in [4.69, 9.17) is 4.74 Å². The zero-order valence-corrected chi connectivity index (χ0v) is 23.8. The van der Waals surface area contributed by atoms with Gasteiger partial charge >= 0.3 is 5.97 Å². The third-order valence-electron chi connectivity index (χ3n) is 8.81. The number of hydrogen-bond donors (Lipinski definition) is 2. The predicted molar refractivity (Wildman–Crippen MR) is 155 cm³/mol. The van der Waals surface area contributed by atoms with Crippen LogP contribution in [0.1, 0.15) is 55.2 Å². The highest BCUT2D eigenvalue weighted by Crippen LogP contribution is 2.41. The average Bonchev–Trinajstić information content (AvgIpc) is 3.66.